The number of aromatic nitrogens is 4. The number of amides is 1. The van der Waals surface area contributed by atoms with Crippen LogP contribution in [-0.4, -0.2) is 43.1 Å². The Morgan fingerprint density at radius 1 is 1.20 bits per heavy atom. The monoisotopic (exact) mass is 539 g/mol. The van der Waals surface area contributed by atoms with Gasteiger partial charge in [-0.2, -0.15) is 10.4 Å². The SMILES string of the molecule is CC(C)(C)C=C(C#N)C(=O)N1CCC[C@H]1Cn1nc(-c2ccc(Oc3ccccc3)cc2F)c2c(N)ncnc21. The first-order valence-electron chi connectivity index (χ1n) is 13.1. The second-order valence-corrected chi connectivity index (χ2v) is 10.9. The summed E-state index contributed by atoms with van der Waals surface area (Å²) in [5, 5.41) is 14.8. The Morgan fingerprint density at radius 2 is 1.98 bits per heavy atom. The van der Waals surface area contributed by atoms with Crippen LogP contribution in [0.25, 0.3) is 22.3 Å². The summed E-state index contributed by atoms with van der Waals surface area (Å²) in [6.07, 6.45) is 4.57. The molecule has 0 saturated carbocycles. The van der Waals surface area contributed by atoms with E-state index in [0.717, 1.165) is 12.8 Å². The van der Waals surface area contributed by atoms with Crippen molar-refractivity contribution >= 4 is 22.8 Å². The molecular formula is C30H30FN7O2. The molecule has 2 aromatic heterocycles. The molecule has 0 aliphatic carbocycles. The zero-order chi connectivity index (χ0) is 28.4. The summed E-state index contributed by atoms with van der Waals surface area (Å²) in [7, 11) is 0. The van der Waals surface area contributed by atoms with Crippen LogP contribution in [0.2, 0.25) is 0 Å². The smallest absolute Gasteiger partial charge is 0.264 e. The highest BCUT2D eigenvalue weighted by atomic mass is 19.1. The molecule has 40 heavy (non-hydrogen) atoms. The summed E-state index contributed by atoms with van der Waals surface area (Å²) in [6, 6.07) is 15.5. The van der Waals surface area contributed by atoms with Crippen molar-refractivity contribution in [1.29, 1.82) is 5.26 Å². The number of nitrogen functional groups attached to an aromatic ring is 1. The summed E-state index contributed by atoms with van der Waals surface area (Å²) in [5.41, 5.74) is 7.01. The van der Waals surface area contributed by atoms with Crippen LogP contribution in [0.4, 0.5) is 10.2 Å². The van der Waals surface area contributed by atoms with Gasteiger partial charge < -0.3 is 15.4 Å². The van der Waals surface area contributed by atoms with Crippen LogP contribution in [0, 0.1) is 22.6 Å². The fraction of sp³-hybridized carbons (Fsp3) is 0.300. The van der Waals surface area contributed by atoms with Crippen molar-refractivity contribution in [3.63, 3.8) is 0 Å². The first kappa shape index (κ1) is 26.8. The topological polar surface area (TPSA) is 123 Å². The van der Waals surface area contributed by atoms with Crippen LogP contribution in [0.1, 0.15) is 33.6 Å². The van der Waals surface area contributed by atoms with Gasteiger partial charge in [0, 0.05) is 18.2 Å². The van der Waals surface area contributed by atoms with Crippen LogP contribution in [0.15, 0.2) is 66.5 Å². The number of halogens is 1. The minimum absolute atomic E-state index is 0.122. The van der Waals surface area contributed by atoms with E-state index in [1.54, 1.807) is 39.9 Å². The Hall–Kier alpha value is -4.78. The lowest BCUT2D eigenvalue weighted by atomic mass is 9.93. The summed E-state index contributed by atoms with van der Waals surface area (Å²) >= 11 is 0. The molecule has 4 aromatic rings. The standard InChI is InChI=1S/C30H30FN7O2/c1-30(2,3)15-19(16-32)29(39)37-13-7-8-20(37)17-38-28-25(27(33)34-18-35-28)26(36-38)23-12-11-22(14-24(23)31)40-21-9-5-4-6-10-21/h4-6,9-12,14-15,18,20H,7-8,13,17H2,1-3H3,(H2,33,34,35)/t20-/m0/s1. The number of rotatable bonds is 6. The highest BCUT2D eigenvalue weighted by molar-refractivity contribution is 5.99. The molecule has 9 nitrogen and oxygen atoms in total. The normalized spacial score (nSPS) is 15.8. The van der Waals surface area contributed by atoms with E-state index in [9.17, 15) is 10.1 Å². The number of nitrogens with zero attached hydrogens (tertiary/aromatic N) is 6. The molecule has 1 saturated heterocycles. The number of carbonyl (C=O) groups is 1. The molecule has 1 aliphatic rings. The Balaban J connectivity index is 1.48. The molecule has 0 radical (unpaired) electrons. The van der Waals surface area contributed by atoms with Crippen molar-refractivity contribution < 1.29 is 13.9 Å². The number of nitriles is 1. The van der Waals surface area contributed by atoms with E-state index in [0.29, 0.717) is 41.3 Å². The molecule has 1 aliphatic heterocycles. The molecular weight excluding hydrogens is 509 g/mol. The van der Waals surface area contributed by atoms with Crippen LogP contribution in [-0.2, 0) is 11.3 Å². The zero-order valence-electron chi connectivity index (χ0n) is 22.6. The molecule has 1 fully saturated rings. The number of hydrogen-bond acceptors (Lipinski definition) is 7. The van der Waals surface area contributed by atoms with Crippen molar-refractivity contribution in [2.24, 2.45) is 5.41 Å². The number of ether oxygens (including phenoxy) is 1. The van der Waals surface area contributed by atoms with E-state index >= 15 is 4.39 Å². The molecule has 0 spiro atoms. The summed E-state index contributed by atoms with van der Waals surface area (Å²) in [4.78, 5) is 23.5. The van der Waals surface area contributed by atoms with Crippen LogP contribution < -0.4 is 10.5 Å². The highest BCUT2D eigenvalue weighted by Crippen LogP contribution is 2.35. The molecule has 2 aromatic carbocycles. The first-order chi connectivity index (χ1) is 19.1. The lowest BCUT2D eigenvalue weighted by Crippen LogP contribution is -2.39. The van der Waals surface area contributed by atoms with E-state index in [4.69, 9.17) is 15.6 Å². The van der Waals surface area contributed by atoms with Gasteiger partial charge in [-0.3, -0.25) is 4.79 Å². The maximum absolute atomic E-state index is 15.4. The molecule has 3 heterocycles. The van der Waals surface area contributed by atoms with Gasteiger partial charge in [0.1, 0.15) is 46.8 Å². The average molecular weight is 540 g/mol. The van der Waals surface area contributed by atoms with Crippen molar-refractivity contribution in [1.82, 2.24) is 24.6 Å². The van der Waals surface area contributed by atoms with Gasteiger partial charge in [-0.15, -0.1) is 0 Å². The Morgan fingerprint density at radius 3 is 2.67 bits per heavy atom. The Bertz CT molecular complexity index is 1630. The fourth-order valence-corrected chi connectivity index (χ4v) is 4.94. The highest BCUT2D eigenvalue weighted by Gasteiger charge is 2.33. The number of fused-ring (bicyclic) bond motifs is 1. The van der Waals surface area contributed by atoms with Gasteiger partial charge in [-0.25, -0.2) is 19.0 Å². The number of likely N-dealkylation sites (tertiary alicyclic amines) is 1. The van der Waals surface area contributed by atoms with Crippen molar-refractivity contribution in [2.75, 3.05) is 12.3 Å². The van der Waals surface area contributed by atoms with Crippen LogP contribution in [0.3, 0.4) is 0 Å². The van der Waals surface area contributed by atoms with Gasteiger partial charge in [0.25, 0.3) is 5.91 Å². The molecule has 2 N–H and O–H groups in total. The summed E-state index contributed by atoms with van der Waals surface area (Å²) in [6.45, 7) is 6.68. The average Bonchev–Trinajstić information content (AvgIpc) is 3.53. The maximum Gasteiger partial charge on any atom is 0.264 e. The quantitative estimate of drug-likeness (QED) is 0.254. The number of nitrogens with two attached hydrogens (primary N) is 1. The van der Waals surface area contributed by atoms with Crippen molar-refractivity contribution in [3.05, 3.63) is 72.3 Å². The molecule has 204 valence electrons. The minimum atomic E-state index is -0.535. The Labute approximate surface area is 231 Å². The molecule has 5 rings (SSSR count). The summed E-state index contributed by atoms with van der Waals surface area (Å²) in [5.74, 6) is 0.277. The van der Waals surface area contributed by atoms with E-state index in [-0.39, 0.29) is 34.3 Å². The third-order valence-corrected chi connectivity index (χ3v) is 6.68. The van der Waals surface area contributed by atoms with E-state index in [1.165, 1.54) is 12.4 Å². The number of allylic oxidation sites excluding steroid dienone is 1. The van der Waals surface area contributed by atoms with Gasteiger partial charge in [-0.1, -0.05) is 45.0 Å². The third kappa shape index (κ3) is 5.50. The Kier molecular flexibility index (Phi) is 7.22. The lowest BCUT2D eigenvalue weighted by molar-refractivity contribution is -0.127. The second-order valence-electron chi connectivity index (χ2n) is 10.9. The van der Waals surface area contributed by atoms with Gasteiger partial charge in [-0.05, 0) is 42.5 Å². The zero-order valence-corrected chi connectivity index (χ0v) is 22.6. The van der Waals surface area contributed by atoms with E-state index < -0.39 is 5.82 Å². The largest absolute Gasteiger partial charge is 0.457 e. The number of para-hydroxylation sites is 1. The first-order valence-corrected chi connectivity index (χ1v) is 13.1. The number of benzene rings is 2. The maximum atomic E-state index is 15.4. The van der Waals surface area contributed by atoms with Gasteiger partial charge in [0.2, 0.25) is 0 Å². The van der Waals surface area contributed by atoms with E-state index in [1.807, 2.05) is 39.0 Å². The molecule has 0 bridgehead atoms. The molecule has 1 atom stereocenters. The van der Waals surface area contributed by atoms with Crippen molar-refractivity contribution in [2.45, 2.75) is 46.2 Å². The molecule has 1 amide bonds. The van der Waals surface area contributed by atoms with E-state index in [2.05, 4.69) is 16.0 Å². The number of carbonyl (C=O) groups excluding carboxylic acids is 1. The third-order valence-electron chi connectivity index (χ3n) is 6.68. The molecule has 0 unspecified atom stereocenters. The lowest BCUT2D eigenvalue weighted by Gasteiger charge is -2.25. The van der Waals surface area contributed by atoms with Crippen LogP contribution in [0.5, 0.6) is 11.5 Å². The minimum Gasteiger partial charge on any atom is -0.457 e. The molecule has 10 heteroatoms. The predicted molar refractivity (Wildman–Crippen MR) is 150 cm³/mol. The van der Waals surface area contributed by atoms with Crippen molar-refractivity contribution in [3.8, 4) is 28.8 Å². The second kappa shape index (κ2) is 10.8. The van der Waals surface area contributed by atoms with Gasteiger partial charge in [0.05, 0.1) is 18.0 Å². The fourth-order valence-electron chi connectivity index (χ4n) is 4.94. The number of anilines is 1. The van der Waals surface area contributed by atoms with Gasteiger partial charge in [0.15, 0.2) is 5.65 Å². The van der Waals surface area contributed by atoms with Crippen LogP contribution >= 0.6 is 0 Å². The summed E-state index contributed by atoms with van der Waals surface area (Å²) < 4.78 is 22.9. The van der Waals surface area contributed by atoms with Gasteiger partial charge >= 0.3 is 0 Å². The number of hydrogen-bond donors (Lipinski definition) is 1. The predicted octanol–water partition coefficient (Wildman–Crippen LogP) is 5.49.